The van der Waals surface area contributed by atoms with E-state index < -0.39 is 0 Å². The van der Waals surface area contributed by atoms with Gasteiger partial charge in [-0.1, -0.05) is 45.9 Å². The van der Waals surface area contributed by atoms with Gasteiger partial charge in [-0.3, -0.25) is 9.59 Å². The third-order valence-corrected chi connectivity index (χ3v) is 7.19. The number of nitrogens with zero attached hydrogens (tertiary/aromatic N) is 3. The standard InChI is InChI=1S/C27H35N3O3/c1-5-27(3,4)22-10-11-24-23(17-22)30(25(31)19-33-24)18-20-8-7-9-21(16-20)26(32)29-14-12-28(6-2)13-15-29/h7-11,16-17H,5-6,12-15,18-19H2,1-4H3. The SMILES string of the molecule is CCN1CCN(C(=O)c2cccc(CN3C(=O)COc4ccc(C(C)(C)CC)cc43)c2)CC1. The van der Waals surface area contributed by atoms with E-state index in [1.54, 1.807) is 4.90 Å². The molecule has 0 radical (unpaired) electrons. The predicted molar refractivity (Wildman–Crippen MR) is 131 cm³/mol. The van der Waals surface area contributed by atoms with Gasteiger partial charge in [-0.2, -0.15) is 0 Å². The molecule has 2 aromatic rings. The highest BCUT2D eigenvalue weighted by Crippen LogP contribution is 2.38. The highest BCUT2D eigenvalue weighted by Gasteiger charge is 2.29. The van der Waals surface area contributed by atoms with Gasteiger partial charge in [-0.15, -0.1) is 0 Å². The second kappa shape index (κ2) is 9.56. The predicted octanol–water partition coefficient (Wildman–Crippen LogP) is 4.08. The number of hydrogen-bond donors (Lipinski definition) is 0. The summed E-state index contributed by atoms with van der Waals surface area (Å²) in [5.74, 6) is 0.723. The number of fused-ring (bicyclic) bond motifs is 1. The molecule has 0 atom stereocenters. The molecule has 1 saturated heterocycles. The highest BCUT2D eigenvalue weighted by molar-refractivity contribution is 5.98. The second-order valence-electron chi connectivity index (χ2n) is 9.62. The molecule has 0 bridgehead atoms. The molecule has 0 aliphatic carbocycles. The lowest BCUT2D eigenvalue weighted by Crippen LogP contribution is -2.48. The summed E-state index contributed by atoms with van der Waals surface area (Å²) in [7, 11) is 0. The first-order valence-electron chi connectivity index (χ1n) is 12.0. The number of likely N-dealkylation sites (N-methyl/N-ethyl adjacent to an activating group) is 1. The number of ether oxygens (including phenoxy) is 1. The van der Waals surface area contributed by atoms with Gasteiger partial charge in [0, 0.05) is 31.7 Å². The van der Waals surface area contributed by atoms with Gasteiger partial charge in [-0.25, -0.2) is 0 Å². The Morgan fingerprint density at radius 3 is 2.48 bits per heavy atom. The van der Waals surface area contributed by atoms with E-state index in [2.05, 4.69) is 44.7 Å². The molecular formula is C27H35N3O3. The van der Waals surface area contributed by atoms with E-state index in [4.69, 9.17) is 4.74 Å². The molecule has 0 aromatic heterocycles. The Labute approximate surface area is 197 Å². The van der Waals surface area contributed by atoms with Crippen LogP contribution in [-0.2, 0) is 16.8 Å². The van der Waals surface area contributed by atoms with Crippen molar-refractivity contribution in [2.45, 2.75) is 46.1 Å². The monoisotopic (exact) mass is 449 g/mol. The van der Waals surface area contributed by atoms with Gasteiger partial charge in [-0.05, 0) is 53.8 Å². The fraction of sp³-hybridized carbons (Fsp3) is 0.481. The summed E-state index contributed by atoms with van der Waals surface area (Å²) in [5, 5.41) is 0. The molecule has 1 fully saturated rings. The van der Waals surface area contributed by atoms with Crippen LogP contribution in [0.4, 0.5) is 5.69 Å². The zero-order valence-electron chi connectivity index (χ0n) is 20.3. The van der Waals surface area contributed by atoms with E-state index in [-0.39, 0.29) is 23.8 Å². The summed E-state index contributed by atoms with van der Waals surface area (Å²) < 4.78 is 5.71. The number of benzene rings is 2. The number of hydrogen-bond acceptors (Lipinski definition) is 4. The van der Waals surface area contributed by atoms with E-state index in [0.717, 1.165) is 56.1 Å². The van der Waals surface area contributed by atoms with Crippen LogP contribution in [0.3, 0.4) is 0 Å². The van der Waals surface area contributed by atoms with Gasteiger partial charge in [0.1, 0.15) is 5.75 Å². The van der Waals surface area contributed by atoms with Crippen molar-refractivity contribution in [1.29, 1.82) is 0 Å². The van der Waals surface area contributed by atoms with Crippen LogP contribution in [0.2, 0.25) is 0 Å². The molecule has 2 heterocycles. The van der Waals surface area contributed by atoms with Crippen LogP contribution >= 0.6 is 0 Å². The second-order valence-corrected chi connectivity index (χ2v) is 9.62. The van der Waals surface area contributed by atoms with Crippen molar-refractivity contribution in [3.8, 4) is 5.75 Å². The first-order chi connectivity index (χ1) is 15.8. The number of rotatable bonds is 6. The third-order valence-electron chi connectivity index (χ3n) is 7.19. The van der Waals surface area contributed by atoms with Gasteiger partial charge in [0.05, 0.1) is 12.2 Å². The van der Waals surface area contributed by atoms with Gasteiger partial charge in [0.25, 0.3) is 11.8 Å². The lowest BCUT2D eigenvalue weighted by Gasteiger charge is -2.34. The number of piperazine rings is 1. The Balaban J connectivity index is 1.56. The quantitative estimate of drug-likeness (QED) is 0.667. The van der Waals surface area contributed by atoms with Gasteiger partial charge in [0.15, 0.2) is 6.61 Å². The van der Waals surface area contributed by atoms with Crippen molar-refractivity contribution >= 4 is 17.5 Å². The lowest BCUT2D eigenvalue weighted by atomic mass is 9.82. The zero-order valence-corrected chi connectivity index (χ0v) is 20.3. The number of anilines is 1. The molecule has 6 nitrogen and oxygen atoms in total. The Kier molecular flexibility index (Phi) is 6.75. The van der Waals surface area contributed by atoms with E-state index in [0.29, 0.717) is 12.1 Å². The lowest BCUT2D eigenvalue weighted by molar-refractivity contribution is -0.121. The van der Waals surface area contributed by atoms with Crippen LogP contribution in [-0.4, -0.2) is 60.9 Å². The van der Waals surface area contributed by atoms with Gasteiger partial charge < -0.3 is 19.4 Å². The Bertz CT molecular complexity index is 1030. The smallest absolute Gasteiger partial charge is 0.265 e. The van der Waals surface area contributed by atoms with E-state index in [1.807, 2.05) is 35.2 Å². The number of amides is 2. The summed E-state index contributed by atoms with van der Waals surface area (Å²) in [6.45, 7) is 13.5. The molecule has 2 amide bonds. The van der Waals surface area contributed by atoms with Gasteiger partial charge >= 0.3 is 0 Å². The van der Waals surface area contributed by atoms with Crippen molar-refractivity contribution < 1.29 is 14.3 Å². The first-order valence-corrected chi connectivity index (χ1v) is 12.0. The minimum Gasteiger partial charge on any atom is -0.482 e. The summed E-state index contributed by atoms with van der Waals surface area (Å²) in [5.41, 5.74) is 3.61. The topological polar surface area (TPSA) is 53.1 Å². The maximum atomic E-state index is 13.1. The number of carbonyl (C=O) groups is 2. The van der Waals surface area contributed by atoms with E-state index in [1.165, 1.54) is 5.56 Å². The summed E-state index contributed by atoms with van der Waals surface area (Å²) in [4.78, 5) is 32.0. The van der Waals surface area contributed by atoms with Crippen molar-refractivity contribution in [3.63, 3.8) is 0 Å². The average Bonchev–Trinajstić information content (AvgIpc) is 2.85. The maximum Gasteiger partial charge on any atom is 0.265 e. The van der Waals surface area contributed by atoms with E-state index >= 15 is 0 Å². The fourth-order valence-electron chi connectivity index (χ4n) is 4.44. The Hall–Kier alpha value is -2.86. The molecule has 2 aliphatic rings. The van der Waals surface area contributed by atoms with Crippen LogP contribution in [0.5, 0.6) is 5.75 Å². The molecule has 2 aliphatic heterocycles. The van der Waals surface area contributed by atoms with Crippen LogP contribution in [0.25, 0.3) is 0 Å². The molecule has 0 spiro atoms. The zero-order chi connectivity index (χ0) is 23.6. The molecule has 2 aromatic carbocycles. The molecule has 0 N–H and O–H groups in total. The largest absolute Gasteiger partial charge is 0.482 e. The minimum atomic E-state index is -0.0682. The average molecular weight is 450 g/mol. The van der Waals surface area contributed by atoms with Crippen LogP contribution in [0, 0.1) is 0 Å². The van der Waals surface area contributed by atoms with Crippen LogP contribution in [0.1, 0.15) is 55.6 Å². The first kappa shape index (κ1) is 23.3. The van der Waals surface area contributed by atoms with Gasteiger partial charge in [0.2, 0.25) is 0 Å². The minimum absolute atomic E-state index is 0.00925. The van der Waals surface area contributed by atoms with Crippen molar-refractivity contribution in [2.75, 3.05) is 44.2 Å². The molecular weight excluding hydrogens is 414 g/mol. The fourth-order valence-corrected chi connectivity index (χ4v) is 4.44. The normalized spacial score (nSPS) is 17.0. The molecule has 4 rings (SSSR count). The van der Waals surface area contributed by atoms with Crippen molar-refractivity contribution in [3.05, 3.63) is 59.2 Å². The van der Waals surface area contributed by atoms with Crippen molar-refractivity contribution in [2.24, 2.45) is 0 Å². The van der Waals surface area contributed by atoms with Crippen molar-refractivity contribution in [1.82, 2.24) is 9.80 Å². The Morgan fingerprint density at radius 1 is 1.03 bits per heavy atom. The molecule has 0 unspecified atom stereocenters. The highest BCUT2D eigenvalue weighted by atomic mass is 16.5. The molecule has 176 valence electrons. The third kappa shape index (κ3) is 4.91. The molecule has 33 heavy (non-hydrogen) atoms. The Morgan fingerprint density at radius 2 is 1.79 bits per heavy atom. The van der Waals surface area contributed by atoms with Crippen LogP contribution < -0.4 is 9.64 Å². The summed E-state index contributed by atoms with van der Waals surface area (Å²) in [6, 6.07) is 13.8. The molecule has 6 heteroatoms. The maximum absolute atomic E-state index is 13.1. The molecule has 0 saturated carbocycles. The van der Waals surface area contributed by atoms with E-state index in [9.17, 15) is 9.59 Å². The summed E-state index contributed by atoms with van der Waals surface area (Å²) in [6.07, 6.45) is 0.997. The summed E-state index contributed by atoms with van der Waals surface area (Å²) >= 11 is 0. The van der Waals surface area contributed by atoms with Crippen LogP contribution in [0.15, 0.2) is 42.5 Å². The number of carbonyl (C=O) groups excluding carboxylic acids is 2.